The predicted octanol–water partition coefficient (Wildman–Crippen LogP) is 5.27. The Kier molecular flexibility index (Phi) is 7.87. The van der Waals surface area contributed by atoms with Crippen molar-refractivity contribution in [2.45, 2.75) is 24.4 Å². The van der Waals surface area contributed by atoms with Crippen LogP contribution in [0.1, 0.15) is 24.8 Å². The quantitative estimate of drug-likeness (QED) is 0.152. The molecule has 3 aromatic carbocycles. The molecule has 0 saturated carbocycles. The van der Waals surface area contributed by atoms with E-state index in [4.69, 9.17) is 11.6 Å². The maximum absolute atomic E-state index is 13.3. The first-order valence-electron chi connectivity index (χ1n) is 12.2. The summed E-state index contributed by atoms with van der Waals surface area (Å²) in [7, 11) is 0. The number of hydrazone groups is 1. The molecule has 9 heteroatoms. The number of hydrogen-bond donors (Lipinski definition) is 1. The number of nitrogens with one attached hydrogen (secondary N) is 1. The van der Waals surface area contributed by atoms with Gasteiger partial charge in [-0.2, -0.15) is 5.10 Å². The van der Waals surface area contributed by atoms with Gasteiger partial charge in [0.2, 0.25) is 0 Å². The number of piperidine rings is 1. The number of benzene rings is 3. The van der Waals surface area contributed by atoms with Gasteiger partial charge >= 0.3 is 0 Å². The van der Waals surface area contributed by atoms with Crippen molar-refractivity contribution in [2.24, 2.45) is 5.10 Å². The molecule has 5 rings (SSSR count). The number of carbonyl (C=O) groups excluding carboxylic acids is 1. The maximum atomic E-state index is 13.3. The van der Waals surface area contributed by atoms with Crippen LogP contribution in [0, 0.1) is 0 Å². The highest BCUT2D eigenvalue weighted by Crippen LogP contribution is 2.23. The van der Waals surface area contributed by atoms with E-state index in [1.165, 1.54) is 41.3 Å². The number of thioether (sulfide) groups is 1. The highest BCUT2D eigenvalue weighted by atomic mass is 35.5. The van der Waals surface area contributed by atoms with E-state index in [9.17, 15) is 9.59 Å². The molecule has 1 saturated heterocycles. The molecule has 0 radical (unpaired) electrons. The molecule has 1 aliphatic heterocycles. The smallest absolute Gasteiger partial charge is 0.266 e. The number of carbonyl (C=O) groups is 1. The molecule has 0 unspecified atom stereocenters. The molecule has 2 heterocycles. The largest absolute Gasteiger partial charge is 0.372 e. The molecule has 1 aromatic heterocycles. The number of fused-ring (bicyclic) bond motifs is 1. The molecule has 1 amide bonds. The van der Waals surface area contributed by atoms with Gasteiger partial charge in [-0.15, -0.1) is 0 Å². The summed E-state index contributed by atoms with van der Waals surface area (Å²) < 4.78 is 1.50. The number of amides is 1. The molecule has 1 N–H and O–H groups in total. The van der Waals surface area contributed by atoms with Crippen molar-refractivity contribution >= 4 is 52.1 Å². The molecule has 0 aliphatic carbocycles. The minimum atomic E-state index is -0.295. The molecular weight excluding hydrogens is 506 g/mol. The van der Waals surface area contributed by atoms with Crippen molar-refractivity contribution in [1.29, 1.82) is 0 Å². The zero-order valence-corrected chi connectivity index (χ0v) is 21.7. The Bertz CT molecular complexity index is 1480. The Morgan fingerprint density at radius 1 is 0.973 bits per heavy atom. The maximum Gasteiger partial charge on any atom is 0.266 e. The van der Waals surface area contributed by atoms with E-state index < -0.39 is 0 Å². The van der Waals surface area contributed by atoms with Crippen LogP contribution < -0.4 is 15.9 Å². The molecule has 0 bridgehead atoms. The normalized spacial score (nSPS) is 13.8. The molecule has 4 aromatic rings. The van der Waals surface area contributed by atoms with Gasteiger partial charge in [0.15, 0.2) is 5.16 Å². The van der Waals surface area contributed by atoms with Crippen LogP contribution in [0.3, 0.4) is 0 Å². The number of para-hydroxylation sites is 1. The predicted molar refractivity (Wildman–Crippen MR) is 151 cm³/mol. The summed E-state index contributed by atoms with van der Waals surface area (Å²) in [5.41, 5.74) is 5.68. The summed E-state index contributed by atoms with van der Waals surface area (Å²) >= 11 is 7.21. The summed E-state index contributed by atoms with van der Waals surface area (Å²) in [4.78, 5) is 32.9. The van der Waals surface area contributed by atoms with Gasteiger partial charge in [0.1, 0.15) is 0 Å². The van der Waals surface area contributed by atoms with Gasteiger partial charge in [-0.25, -0.2) is 10.4 Å². The summed E-state index contributed by atoms with van der Waals surface area (Å²) in [6, 6.07) is 22.3. The lowest BCUT2D eigenvalue weighted by molar-refractivity contribution is -0.118. The van der Waals surface area contributed by atoms with Crippen molar-refractivity contribution in [2.75, 3.05) is 23.7 Å². The fourth-order valence-corrected chi connectivity index (χ4v) is 5.22. The van der Waals surface area contributed by atoms with Crippen molar-refractivity contribution in [3.05, 3.63) is 93.7 Å². The molecule has 37 heavy (non-hydrogen) atoms. The number of halogens is 1. The SMILES string of the molecule is O=C(CSc1nc2ccccc2c(=O)n1-c1ccc(Cl)cc1)N/N=C/c1ccc(N2CCCCC2)cc1. The second-order valence-corrected chi connectivity index (χ2v) is 10.1. The van der Waals surface area contributed by atoms with Gasteiger partial charge < -0.3 is 4.90 Å². The minimum absolute atomic E-state index is 0.0452. The molecule has 0 spiro atoms. The number of nitrogens with zero attached hydrogens (tertiary/aromatic N) is 4. The van der Waals surface area contributed by atoms with E-state index in [1.54, 1.807) is 48.7 Å². The van der Waals surface area contributed by atoms with Gasteiger partial charge in [0, 0.05) is 23.8 Å². The first kappa shape index (κ1) is 25.0. The number of hydrogen-bond acceptors (Lipinski definition) is 6. The molecule has 0 atom stereocenters. The lowest BCUT2D eigenvalue weighted by Crippen LogP contribution is -2.29. The Balaban J connectivity index is 1.26. The van der Waals surface area contributed by atoms with Crippen LogP contribution >= 0.6 is 23.4 Å². The minimum Gasteiger partial charge on any atom is -0.372 e. The Morgan fingerprint density at radius 2 is 1.68 bits per heavy atom. The highest BCUT2D eigenvalue weighted by Gasteiger charge is 2.15. The van der Waals surface area contributed by atoms with Crippen LogP contribution in [-0.2, 0) is 4.79 Å². The third kappa shape index (κ3) is 6.03. The van der Waals surface area contributed by atoms with E-state index >= 15 is 0 Å². The molecule has 188 valence electrons. The second-order valence-electron chi connectivity index (χ2n) is 8.75. The average Bonchev–Trinajstić information content (AvgIpc) is 2.94. The van der Waals surface area contributed by atoms with E-state index in [0.29, 0.717) is 26.8 Å². The van der Waals surface area contributed by atoms with Crippen LogP contribution in [0.15, 0.2) is 87.8 Å². The third-order valence-electron chi connectivity index (χ3n) is 6.18. The van der Waals surface area contributed by atoms with Crippen LogP contribution in [-0.4, -0.2) is 40.5 Å². The zero-order valence-electron chi connectivity index (χ0n) is 20.1. The molecular formula is C28H26ClN5O2S. The monoisotopic (exact) mass is 531 g/mol. The first-order valence-corrected chi connectivity index (χ1v) is 13.5. The molecule has 1 fully saturated rings. The average molecular weight is 532 g/mol. The van der Waals surface area contributed by atoms with Crippen LogP contribution in [0.2, 0.25) is 5.02 Å². The van der Waals surface area contributed by atoms with Gasteiger partial charge in [-0.3, -0.25) is 14.2 Å². The zero-order chi connectivity index (χ0) is 25.6. The topological polar surface area (TPSA) is 79.6 Å². The number of anilines is 1. The Labute approximate surface area is 224 Å². The van der Waals surface area contributed by atoms with E-state index in [0.717, 1.165) is 18.7 Å². The summed E-state index contributed by atoms with van der Waals surface area (Å²) in [6.45, 7) is 2.19. The summed E-state index contributed by atoms with van der Waals surface area (Å²) in [5.74, 6) is -0.250. The third-order valence-corrected chi connectivity index (χ3v) is 7.37. The summed E-state index contributed by atoms with van der Waals surface area (Å²) in [5, 5.41) is 5.58. The Morgan fingerprint density at radius 3 is 2.43 bits per heavy atom. The lowest BCUT2D eigenvalue weighted by Gasteiger charge is -2.28. The number of rotatable bonds is 7. The van der Waals surface area contributed by atoms with Gasteiger partial charge in [-0.1, -0.05) is 47.6 Å². The first-order chi connectivity index (χ1) is 18.1. The van der Waals surface area contributed by atoms with Crippen LogP contribution in [0.5, 0.6) is 0 Å². The van der Waals surface area contributed by atoms with E-state index in [2.05, 4.69) is 32.5 Å². The standard InChI is InChI=1S/C28H26ClN5O2S/c29-21-10-14-23(15-11-21)34-27(36)24-6-2-3-7-25(24)31-28(34)37-19-26(35)32-30-18-20-8-12-22(13-9-20)33-16-4-1-5-17-33/h2-3,6-15,18H,1,4-5,16-17,19H2,(H,32,35)/b30-18+. The lowest BCUT2D eigenvalue weighted by atomic mass is 10.1. The van der Waals surface area contributed by atoms with Crippen molar-refractivity contribution in [3.63, 3.8) is 0 Å². The van der Waals surface area contributed by atoms with E-state index in [1.807, 2.05) is 18.2 Å². The van der Waals surface area contributed by atoms with Gasteiger partial charge in [0.05, 0.1) is 28.6 Å². The molecule has 7 nitrogen and oxygen atoms in total. The van der Waals surface area contributed by atoms with Gasteiger partial charge in [0.25, 0.3) is 11.5 Å². The van der Waals surface area contributed by atoms with Gasteiger partial charge in [-0.05, 0) is 73.4 Å². The molecule has 1 aliphatic rings. The van der Waals surface area contributed by atoms with Crippen molar-refractivity contribution < 1.29 is 4.79 Å². The van der Waals surface area contributed by atoms with Crippen LogP contribution in [0.25, 0.3) is 16.6 Å². The van der Waals surface area contributed by atoms with Crippen molar-refractivity contribution in [3.8, 4) is 5.69 Å². The summed E-state index contributed by atoms with van der Waals surface area (Å²) in [6.07, 6.45) is 5.39. The second kappa shape index (κ2) is 11.6. The number of aromatic nitrogens is 2. The fourth-order valence-electron chi connectivity index (χ4n) is 4.29. The highest BCUT2D eigenvalue weighted by molar-refractivity contribution is 7.99. The van der Waals surface area contributed by atoms with Crippen LogP contribution in [0.4, 0.5) is 5.69 Å². The van der Waals surface area contributed by atoms with E-state index in [-0.39, 0.29) is 17.2 Å². The van der Waals surface area contributed by atoms with Crippen molar-refractivity contribution in [1.82, 2.24) is 15.0 Å². The Hall–Kier alpha value is -3.62. The fraction of sp³-hybridized carbons (Fsp3) is 0.214.